The Hall–Kier alpha value is -2.88. The summed E-state index contributed by atoms with van der Waals surface area (Å²) in [6, 6.07) is 8.44. The molecule has 0 aliphatic carbocycles. The molecule has 2 aliphatic heterocycles. The number of anilines is 2. The van der Waals surface area contributed by atoms with Crippen molar-refractivity contribution in [1.82, 2.24) is 19.9 Å². The second kappa shape index (κ2) is 8.93. The molecule has 9 nitrogen and oxygen atoms in total. The third-order valence-corrected chi connectivity index (χ3v) is 6.12. The van der Waals surface area contributed by atoms with Crippen molar-refractivity contribution >= 4 is 22.8 Å². The molecule has 2 unspecified atom stereocenters. The van der Waals surface area contributed by atoms with Crippen LogP contribution in [0.3, 0.4) is 0 Å². The molecular formula is C23H29N7O2. The van der Waals surface area contributed by atoms with Gasteiger partial charge in [0.1, 0.15) is 5.82 Å². The Morgan fingerprint density at radius 2 is 1.69 bits per heavy atom. The zero-order valence-electron chi connectivity index (χ0n) is 18.6. The van der Waals surface area contributed by atoms with Crippen molar-refractivity contribution < 1.29 is 9.47 Å². The highest BCUT2D eigenvalue weighted by atomic mass is 16.5. The van der Waals surface area contributed by atoms with E-state index < -0.39 is 0 Å². The summed E-state index contributed by atoms with van der Waals surface area (Å²) in [5.74, 6) is 1.61. The van der Waals surface area contributed by atoms with Crippen molar-refractivity contribution in [3.63, 3.8) is 0 Å². The molecule has 0 radical (unpaired) electrons. The van der Waals surface area contributed by atoms with Gasteiger partial charge in [-0.2, -0.15) is 9.97 Å². The average molecular weight is 436 g/mol. The lowest BCUT2D eigenvalue weighted by atomic mass is 10.1. The zero-order chi connectivity index (χ0) is 22.1. The molecule has 0 aromatic carbocycles. The number of rotatable bonds is 4. The summed E-state index contributed by atoms with van der Waals surface area (Å²) in [5.41, 5.74) is 8.99. The second-order valence-corrected chi connectivity index (χ2v) is 8.39. The molecule has 2 atom stereocenters. The Labute approximate surface area is 187 Å². The van der Waals surface area contributed by atoms with E-state index in [-0.39, 0.29) is 12.1 Å². The molecule has 0 spiro atoms. The molecule has 9 heteroatoms. The van der Waals surface area contributed by atoms with Crippen molar-refractivity contribution in [3.8, 4) is 11.3 Å². The first-order valence-electron chi connectivity index (χ1n) is 11.2. The van der Waals surface area contributed by atoms with Gasteiger partial charge in [-0.05, 0) is 38.1 Å². The number of nitrogens with zero attached hydrogens (tertiary/aromatic N) is 6. The standard InChI is InChI=1S/C23H29N7O2/c1-15-13-31-9-7-29(15)22-19-5-6-20(17-3-4-18(11-24)25-12-17)26-21(19)27-23(28-22)30-8-10-32-14-16(30)2/h3-6,12,15-16H,7-11,13-14,24H2,1-2H3. The lowest BCUT2D eigenvalue weighted by Gasteiger charge is -2.37. The number of hydrogen-bond acceptors (Lipinski definition) is 9. The smallest absolute Gasteiger partial charge is 0.229 e. The largest absolute Gasteiger partial charge is 0.377 e. The molecule has 0 saturated carbocycles. The fraction of sp³-hybridized carbons (Fsp3) is 0.478. The number of morpholine rings is 2. The van der Waals surface area contributed by atoms with Crippen molar-refractivity contribution in [2.45, 2.75) is 32.5 Å². The van der Waals surface area contributed by atoms with Crippen molar-refractivity contribution in [1.29, 1.82) is 0 Å². The van der Waals surface area contributed by atoms with Crippen LogP contribution in [0.15, 0.2) is 30.5 Å². The van der Waals surface area contributed by atoms with Gasteiger partial charge in [0.2, 0.25) is 5.95 Å². The van der Waals surface area contributed by atoms with Gasteiger partial charge in [-0.1, -0.05) is 0 Å². The minimum absolute atomic E-state index is 0.201. The summed E-state index contributed by atoms with van der Waals surface area (Å²) in [5, 5.41) is 0.943. The van der Waals surface area contributed by atoms with Crippen LogP contribution in [0.5, 0.6) is 0 Å². The van der Waals surface area contributed by atoms with Gasteiger partial charge in [-0.25, -0.2) is 4.98 Å². The molecule has 168 valence electrons. The van der Waals surface area contributed by atoms with Crippen LogP contribution in [-0.4, -0.2) is 71.5 Å². The first kappa shape index (κ1) is 21.0. The van der Waals surface area contributed by atoms with E-state index in [1.165, 1.54) is 0 Å². The van der Waals surface area contributed by atoms with Crippen molar-refractivity contribution in [2.24, 2.45) is 5.73 Å². The van der Waals surface area contributed by atoms with E-state index in [4.69, 9.17) is 30.2 Å². The third kappa shape index (κ3) is 3.99. The van der Waals surface area contributed by atoms with Crippen LogP contribution in [0.25, 0.3) is 22.3 Å². The topological polar surface area (TPSA) is 103 Å². The molecule has 0 bridgehead atoms. The van der Waals surface area contributed by atoms with Gasteiger partial charge in [0.25, 0.3) is 0 Å². The van der Waals surface area contributed by atoms with Crippen LogP contribution in [0.2, 0.25) is 0 Å². The SMILES string of the molecule is CC1COCCN1c1nc(N2CCOCC2C)c2ccc(-c3ccc(CN)nc3)nc2n1. The van der Waals surface area contributed by atoms with E-state index in [1.807, 2.05) is 24.4 Å². The Morgan fingerprint density at radius 3 is 2.34 bits per heavy atom. The third-order valence-electron chi connectivity index (χ3n) is 6.12. The molecule has 32 heavy (non-hydrogen) atoms. The fourth-order valence-electron chi connectivity index (χ4n) is 4.25. The maximum atomic E-state index is 5.69. The summed E-state index contributed by atoms with van der Waals surface area (Å²) in [4.78, 5) is 23.8. The Morgan fingerprint density at radius 1 is 0.938 bits per heavy atom. The highest BCUT2D eigenvalue weighted by molar-refractivity contribution is 5.90. The molecule has 2 fully saturated rings. The summed E-state index contributed by atoms with van der Waals surface area (Å²) >= 11 is 0. The van der Waals surface area contributed by atoms with Gasteiger partial charge < -0.3 is 25.0 Å². The zero-order valence-corrected chi connectivity index (χ0v) is 18.6. The van der Waals surface area contributed by atoms with Crippen LogP contribution >= 0.6 is 0 Å². The van der Waals surface area contributed by atoms with E-state index in [9.17, 15) is 0 Å². The number of fused-ring (bicyclic) bond motifs is 1. The lowest BCUT2D eigenvalue weighted by molar-refractivity contribution is 0.0973. The minimum Gasteiger partial charge on any atom is -0.377 e. The van der Waals surface area contributed by atoms with E-state index in [2.05, 4.69) is 34.7 Å². The molecule has 5 heterocycles. The summed E-state index contributed by atoms with van der Waals surface area (Å²) in [6.45, 7) is 8.96. The minimum atomic E-state index is 0.201. The highest BCUT2D eigenvalue weighted by Crippen LogP contribution is 2.31. The predicted molar refractivity (Wildman–Crippen MR) is 124 cm³/mol. The number of nitrogens with two attached hydrogens (primary N) is 1. The molecule has 3 aromatic rings. The first-order chi connectivity index (χ1) is 15.6. The molecule has 2 saturated heterocycles. The number of pyridine rings is 2. The van der Waals surface area contributed by atoms with Crippen molar-refractivity contribution in [2.75, 3.05) is 49.3 Å². The predicted octanol–water partition coefficient (Wildman–Crippen LogP) is 2.00. The van der Waals surface area contributed by atoms with Crippen LogP contribution < -0.4 is 15.5 Å². The maximum absolute atomic E-state index is 5.69. The Bertz CT molecular complexity index is 1090. The first-order valence-corrected chi connectivity index (χ1v) is 11.2. The van der Waals surface area contributed by atoms with E-state index in [1.54, 1.807) is 0 Å². The normalized spacial score (nSPS) is 21.8. The number of hydrogen-bond donors (Lipinski definition) is 1. The number of aromatic nitrogens is 4. The van der Waals surface area contributed by atoms with Crippen LogP contribution in [-0.2, 0) is 16.0 Å². The molecular weight excluding hydrogens is 406 g/mol. The molecule has 0 amide bonds. The lowest BCUT2D eigenvalue weighted by Crippen LogP contribution is -2.46. The van der Waals surface area contributed by atoms with E-state index in [0.717, 1.165) is 41.2 Å². The van der Waals surface area contributed by atoms with Gasteiger partial charge >= 0.3 is 0 Å². The maximum Gasteiger partial charge on any atom is 0.229 e. The quantitative estimate of drug-likeness (QED) is 0.659. The van der Waals surface area contributed by atoms with Gasteiger partial charge in [-0.15, -0.1) is 0 Å². The van der Waals surface area contributed by atoms with E-state index >= 15 is 0 Å². The molecule has 2 N–H and O–H groups in total. The molecule has 5 rings (SSSR count). The summed E-state index contributed by atoms with van der Waals surface area (Å²) < 4.78 is 11.3. The van der Waals surface area contributed by atoms with Gasteiger partial charge in [0, 0.05) is 31.4 Å². The Balaban J connectivity index is 1.63. The van der Waals surface area contributed by atoms with Gasteiger partial charge in [0.05, 0.1) is 55.3 Å². The monoisotopic (exact) mass is 435 g/mol. The van der Waals surface area contributed by atoms with E-state index in [0.29, 0.717) is 44.6 Å². The second-order valence-electron chi connectivity index (χ2n) is 8.39. The Kier molecular flexibility index (Phi) is 5.86. The van der Waals surface area contributed by atoms with Gasteiger partial charge in [-0.3, -0.25) is 4.98 Å². The van der Waals surface area contributed by atoms with Crippen LogP contribution in [0.1, 0.15) is 19.5 Å². The summed E-state index contributed by atoms with van der Waals surface area (Å²) in [7, 11) is 0. The van der Waals surface area contributed by atoms with Crippen LogP contribution in [0, 0.1) is 0 Å². The average Bonchev–Trinajstić information content (AvgIpc) is 2.84. The summed E-state index contributed by atoms with van der Waals surface area (Å²) in [6.07, 6.45) is 1.81. The number of ether oxygens (including phenoxy) is 2. The van der Waals surface area contributed by atoms with Crippen molar-refractivity contribution in [3.05, 3.63) is 36.2 Å². The fourth-order valence-corrected chi connectivity index (χ4v) is 4.25. The highest BCUT2D eigenvalue weighted by Gasteiger charge is 2.27. The van der Waals surface area contributed by atoms with Crippen LogP contribution in [0.4, 0.5) is 11.8 Å². The van der Waals surface area contributed by atoms with Gasteiger partial charge in [0.15, 0.2) is 5.65 Å². The molecule has 3 aromatic heterocycles. The molecule has 2 aliphatic rings.